The summed E-state index contributed by atoms with van der Waals surface area (Å²) < 4.78 is 5.77. The minimum atomic E-state index is -0.763. The van der Waals surface area contributed by atoms with Crippen molar-refractivity contribution in [1.29, 1.82) is 0 Å². The maximum Gasteiger partial charge on any atom is 0.338 e. The van der Waals surface area contributed by atoms with E-state index in [2.05, 4.69) is 15.6 Å². The number of carbonyl (C=O) groups excluding carboxylic acids is 3. The summed E-state index contributed by atoms with van der Waals surface area (Å²) in [6.45, 7) is 9.99. The molecule has 2 amide bonds. The van der Waals surface area contributed by atoms with E-state index in [1.807, 2.05) is 70.5 Å². The number of amides is 2. The molecule has 0 saturated carbocycles. The van der Waals surface area contributed by atoms with Gasteiger partial charge in [0.2, 0.25) is 11.8 Å². The fourth-order valence-corrected chi connectivity index (χ4v) is 5.97. The molecule has 9 heteroatoms. The van der Waals surface area contributed by atoms with Gasteiger partial charge in [0.25, 0.3) is 0 Å². The van der Waals surface area contributed by atoms with Gasteiger partial charge >= 0.3 is 5.97 Å². The first-order valence-corrected chi connectivity index (χ1v) is 14.4. The Bertz CT molecular complexity index is 1330. The van der Waals surface area contributed by atoms with Gasteiger partial charge in [-0.2, -0.15) is 0 Å². The molecule has 1 unspecified atom stereocenters. The number of rotatable bonds is 8. The van der Waals surface area contributed by atoms with Crippen LogP contribution in [0.1, 0.15) is 61.8 Å². The molecule has 8 nitrogen and oxygen atoms in total. The van der Waals surface area contributed by atoms with Crippen LogP contribution in [-0.2, 0) is 14.3 Å². The average molecular weight is 563 g/mol. The molecule has 2 aromatic carbocycles. The number of hydrogen-bond donors (Lipinski definition) is 2. The summed E-state index contributed by atoms with van der Waals surface area (Å²) >= 11 is 1.60. The van der Waals surface area contributed by atoms with Crippen LogP contribution < -0.4 is 10.6 Å². The molecule has 0 aliphatic carbocycles. The molecule has 1 aliphatic heterocycles. The second-order valence-electron chi connectivity index (χ2n) is 11.3. The lowest BCUT2D eigenvalue weighted by atomic mass is 9.86. The number of nitrogens with zero attached hydrogens (tertiary/aromatic N) is 2. The molecular weight excluding hydrogens is 524 g/mol. The van der Waals surface area contributed by atoms with Crippen molar-refractivity contribution in [2.24, 2.45) is 5.41 Å². The minimum Gasteiger partial charge on any atom is -0.457 e. The largest absolute Gasteiger partial charge is 0.457 e. The van der Waals surface area contributed by atoms with Crippen molar-refractivity contribution in [3.05, 3.63) is 76.9 Å². The van der Waals surface area contributed by atoms with Crippen LogP contribution in [-0.4, -0.2) is 59.4 Å². The maximum atomic E-state index is 13.7. The standard InChI is InChI=1S/C31H38N4O4S/c1-19(21-12-14-22(15-13-21)26-20(2)33-18-40-26)34-28(36)25-16-24(39-30(38)23-10-8-7-9-11-23)17-35(25)29(37)27(32-6)31(3,4)5/h7-15,18-19,24-25,27,32H,16-17H2,1-6H3,(H,34,36)/t19-,24?,25-,27+/m0/s1. The first kappa shape index (κ1) is 29.4. The highest BCUT2D eigenvalue weighted by atomic mass is 32.1. The summed E-state index contributed by atoms with van der Waals surface area (Å²) in [6.07, 6.45) is -0.366. The molecule has 1 aromatic heterocycles. The second-order valence-corrected chi connectivity index (χ2v) is 12.2. The number of thiazole rings is 1. The highest BCUT2D eigenvalue weighted by molar-refractivity contribution is 7.13. The Morgan fingerprint density at radius 3 is 2.33 bits per heavy atom. The van der Waals surface area contributed by atoms with E-state index in [-0.39, 0.29) is 36.2 Å². The molecule has 1 saturated heterocycles. The van der Waals surface area contributed by atoms with E-state index in [4.69, 9.17) is 4.74 Å². The molecule has 4 atom stereocenters. The molecule has 212 valence electrons. The van der Waals surface area contributed by atoms with Crippen molar-refractivity contribution in [2.45, 2.75) is 65.3 Å². The van der Waals surface area contributed by atoms with E-state index in [0.717, 1.165) is 21.7 Å². The number of carbonyl (C=O) groups is 3. The minimum absolute atomic E-state index is 0.154. The lowest BCUT2D eigenvalue weighted by molar-refractivity contribution is -0.142. The number of esters is 1. The van der Waals surface area contributed by atoms with E-state index < -0.39 is 24.2 Å². The zero-order valence-corrected chi connectivity index (χ0v) is 24.7. The zero-order valence-electron chi connectivity index (χ0n) is 23.9. The van der Waals surface area contributed by atoms with Crippen LogP contribution in [0.5, 0.6) is 0 Å². The smallest absolute Gasteiger partial charge is 0.338 e. The van der Waals surface area contributed by atoms with Crippen LogP contribution in [0.2, 0.25) is 0 Å². The number of aryl methyl sites for hydroxylation is 1. The summed E-state index contributed by atoms with van der Waals surface area (Å²) in [7, 11) is 1.74. The molecule has 4 rings (SSSR count). The van der Waals surface area contributed by atoms with Gasteiger partial charge in [-0.15, -0.1) is 11.3 Å². The van der Waals surface area contributed by atoms with Gasteiger partial charge in [0.1, 0.15) is 12.1 Å². The molecule has 0 spiro atoms. The van der Waals surface area contributed by atoms with Crippen LogP contribution in [0.15, 0.2) is 60.1 Å². The summed E-state index contributed by atoms with van der Waals surface area (Å²) in [5.74, 6) is -0.930. The monoisotopic (exact) mass is 562 g/mol. The van der Waals surface area contributed by atoms with Gasteiger partial charge in [0.15, 0.2) is 0 Å². The highest BCUT2D eigenvalue weighted by Gasteiger charge is 2.45. The number of benzene rings is 2. The van der Waals surface area contributed by atoms with E-state index in [1.54, 1.807) is 47.5 Å². The van der Waals surface area contributed by atoms with Crippen molar-refractivity contribution in [1.82, 2.24) is 20.5 Å². The second kappa shape index (κ2) is 12.3. The Hall–Kier alpha value is -3.56. The molecule has 1 aliphatic rings. The van der Waals surface area contributed by atoms with Crippen molar-refractivity contribution in [3.8, 4) is 10.4 Å². The maximum absolute atomic E-state index is 13.7. The number of likely N-dealkylation sites (N-methyl/N-ethyl adjacent to an activating group) is 1. The van der Waals surface area contributed by atoms with Crippen molar-refractivity contribution in [2.75, 3.05) is 13.6 Å². The topological polar surface area (TPSA) is 101 Å². The predicted molar refractivity (Wildman–Crippen MR) is 157 cm³/mol. The molecule has 1 fully saturated rings. The fourth-order valence-electron chi connectivity index (χ4n) is 5.16. The third kappa shape index (κ3) is 6.59. The van der Waals surface area contributed by atoms with Crippen molar-refractivity contribution < 1.29 is 19.1 Å². The SMILES string of the molecule is CN[C@H](C(=O)N1CC(OC(=O)c2ccccc2)C[C@H]1C(=O)N[C@@H](C)c1ccc(-c2scnc2C)cc1)C(C)(C)C. The normalized spacial score (nSPS) is 18.7. The molecule has 0 radical (unpaired) electrons. The van der Waals surface area contributed by atoms with Gasteiger partial charge in [-0.1, -0.05) is 63.2 Å². The van der Waals surface area contributed by atoms with E-state index in [9.17, 15) is 14.4 Å². The van der Waals surface area contributed by atoms with Crippen LogP contribution in [0, 0.1) is 12.3 Å². The summed E-state index contributed by atoms with van der Waals surface area (Å²) in [5, 5.41) is 6.20. The molecule has 0 bridgehead atoms. The lowest BCUT2D eigenvalue weighted by Gasteiger charge is -2.34. The Balaban J connectivity index is 1.50. The van der Waals surface area contributed by atoms with Gasteiger partial charge in [-0.05, 0) is 49.6 Å². The van der Waals surface area contributed by atoms with E-state index in [0.29, 0.717) is 5.56 Å². The number of aromatic nitrogens is 1. The van der Waals surface area contributed by atoms with E-state index in [1.165, 1.54) is 0 Å². The zero-order chi connectivity index (χ0) is 29.0. The Kier molecular flexibility index (Phi) is 9.05. The van der Waals surface area contributed by atoms with Crippen LogP contribution in [0.25, 0.3) is 10.4 Å². The first-order chi connectivity index (χ1) is 19.0. The number of likely N-dealkylation sites (tertiary alicyclic amines) is 1. The third-order valence-electron chi connectivity index (χ3n) is 7.31. The lowest BCUT2D eigenvalue weighted by Crippen LogP contribution is -2.56. The average Bonchev–Trinajstić information content (AvgIpc) is 3.55. The molecule has 3 aromatic rings. The fraction of sp³-hybridized carbons (Fsp3) is 0.419. The number of nitrogens with one attached hydrogen (secondary N) is 2. The summed E-state index contributed by atoms with van der Waals surface area (Å²) in [5.41, 5.74) is 4.91. The van der Waals surface area contributed by atoms with E-state index >= 15 is 0 Å². The van der Waals surface area contributed by atoms with Crippen molar-refractivity contribution in [3.63, 3.8) is 0 Å². The third-order valence-corrected chi connectivity index (χ3v) is 8.29. The summed E-state index contributed by atoms with van der Waals surface area (Å²) in [4.78, 5) is 47.1. The molecule has 40 heavy (non-hydrogen) atoms. The Morgan fingerprint density at radius 2 is 1.75 bits per heavy atom. The van der Waals surface area contributed by atoms with Crippen LogP contribution in [0.4, 0.5) is 0 Å². The van der Waals surface area contributed by atoms with Gasteiger partial charge in [0.05, 0.1) is 40.3 Å². The molecular formula is C31H38N4O4S. The van der Waals surface area contributed by atoms with Crippen LogP contribution >= 0.6 is 11.3 Å². The Labute approximate surface area is 240 Å². The van der Waals surface area contributed by atoms with Gasteiger partial charge in [-0.25, -0.2) is 9.78 Å². The van der Waals surface area contributed by atoms with Gasteiger partial charge < -0.3 is 20.3 Å². The first-order valence-electron chi connectivity index (χ1n) is 13.5. The predicted octanol–water partition coefficient (Wildman–Crippen LogP) is 4.76. The number of ether oxygens (including phenoxy) is 1. The van der Waals surface area contributed by atoms with Crippen molar-refractivity contribution >= 4 is 29.1 Å². The van der Waals surface area contributed by atoms with Gasteiger partial charge in [0, 0.05) is 6.42 Å². The summed E-state index contributed by atoms with van der Waals surface area (Å²) in [6, 6.07) is 15.2. The van der Waals surface area contributed by atoms with Gasteiger partial charge in [-0.3, -0.25) is 9.59 Å². The number of hydrogen-bond acceptors (Lipinski definition) is 7. The molecule has 2 N–H and O–H groups in total. The highest BCUT2D eigenvalue weighted by Crippen LogP contribution is 2.30. The Morgan fingerprint density at radius 1 is 1.07 bits per heavy atom. The molecule has 2 heterocycles. The quantitative estimate of drug-likeness (QED) is 0.384. The van der Waals surface area contributed by atoms with Crippen LogP contribution in [0.3, 0.4) is 0 Å².